The van der Waals surface area contributed by atoms with Gasteiger partial charge in [0, 0.05) is 25.7 Å². The van der Waals surface area contributed by atoms with Crippen molar-refractivity contribution in [1.29, 1.82) is 0 Å². The topological polar surface area (TPSA) is 158 Å². The zero-order chi connectivity index (χ0) is 25.5. The molecule has 35 heavy (non-hydrogen) atoms. The van der Waals surface area contributed by atoms with Gasteiger partial charge >= 0.3 is 11.9 Å². The Morgan fingerprint density at radius 3 is 1.29 bits per heavy atom. The number of amides is 2. The van der Waals surface area contributed by atoms with Gasteiger partial charge in [-0.15, -0.1) is 0 Å². The molecular formula is C25H28N4O6. The summed E-state index contributed by atoms with van der Waals surface area (Å²) in [5, 5.41) is 26.0. The normalized spacial score (nSPS) is 11.5. The molecule has 0 unspecified atom stereocenters. The molecule has 2 amide bonds. The number of carbonyl (C=O) groups excluding carboxylic acids is 2. The lowest BCUT2D eigenvalue weighted by molar-refractivity contribution is -0.137. The Labute approximate surface area is 202 Å². The monoisotopic (exact) mass is 480 g/mol. The quantitative estimate of drug-likeness (QED) is 0.240. The summed E-state index contributed by atoms with van der Waals surface area (Å²) in [6.45, 7) is 0. The number of nitrogens with zero attached hydrogens (tertiary/aromatic N) is 2. The number of carbonyl (C=O) groups is 4. The second-order valence-corrected chi connectivity index (χ2v) is 7.56. The van der Waals surface area contributed by atoms with E-state index in [9.17, 15) is 19.2 Å². The number of carboxylic acid groups (broad SMARTS) is 2. The van der Waals surface area contributed by atoms with Crippen LogP contribution >= 0.6 is 0 Å². The zero-order valence-electron chi connectivity index (χ0n) is 19.1. The van der Waals surface area contributed by atoms with Gasteiger partial charge < -0.3 is 10.2 Å². The Kier molecular flexibility index (Phi) is 11.3. The van der Waals surface area contributed by atoms with E-state index in [1.807, 2.05) is 12.1 Å². The average molecular weight is 481 g/mol. The minimum Gasteiger partial charge on any atom is -0.481 e. The number of hydrogen-bond acceptors (Lipinski definition) is 6. The maximum atomic E-state index is 12.1. The molecule has 184 valence electrons. The molecular weight excluding hydrogens is 452 g/mol. The van der Waals surface area contributed by atoms with Crippen molar-refractivity contribution in [3.63, 3.8) is 0 Å². The fraction of sp³-hybridized carbons (Fsp3) is 0.280. The lowest BCUT2D eigenvalue weighted by atomic mass is 10.1. The van der Waals surface area contributed by atoms with Crippen LogP contribution in [0.3, 0.4) is 0 Å². The molecule has 0 saturated heterocycles. The lowest BCUT2D eigenvalue weighted by Gasteiger charge is -2.07. The van der Waals surface area contributed by atoms with Crippen LogP contribution in [0.1, 0.15) is 56.1 Å². The van der Waals surface area contributed by atoms with E-state index in [2.05, 4.69) is 21.1 Å². The molecule has 0 fully saturated rings. The van der Waals surface area contributed by atoms with E-state index >= 15 is 0 Å². The molecule has 0 atom stereocenters. The van der Waals surface area contributed by atoms with Gasteiger partial charge in [-0.25, -0.2) is 10.9 Å². The summed E-state index contributed by atoms with van der Waals surface area (Å²) >= 11 is 0. The van der Waals surface area contributed by atoms with Crippen molar-refractivity contribution in [2.24, 2.45) is 10.2 Å². The largest absolute Gasteiger partial charge is 0.481 e. The first-order valence-electron chi connectivity index (χ1n) is 11.1. The predicted octanol–water partition coefficient (Wildman–Crippen LogP) is 2.93. The van der Waals surface area contributed by atoms with E-state index in [0.717, 1.165) is 0 Å². The molecule has 0 aliphatic heterocycles. The summed E-state index contributed by atoms with van der Waals surface area (Å²) in [4.78, 5) is 46.1. The summed E-state index contributed by atoms with van der Waals surface area (Å²) in [5.74, 6) is -2.74. The van der Waals surface area contributed by atoms with Crippen LogP contribution in [0.25, 0.3) is 0 Å². The van der Waals surface area contributed by atoms with E-state index in [4.69, 9.17) is 10.2 Å². The van der Waals surface area contributed by atoms with Crippen LogP contribution in [0.5, 0.6) is 0 Å². The van der Waals surface area contributed by atoms with Crippen LogP contribution < -0.4 is 10.9 Å². The van der Waals surface area contributed by atoms with E-state index in [1.54, 1.807) is 48.5 Å². The van der Waals surface area contributed by atoms with Crippen LogP contribution in [0.4, 0.5) is 0 Å². The van der Waals surface area contributed by atoms with Gasteiger partial charge in [0.1, 0.15) is 0 Å². The Balaban J connectivity index is 1.86. The van der Waals surface area contributed by atoms with Crippen molar-refractivity contribution in [3.05, 3.63) is 71.8 Å². The smallest absolute Gasteiger partial charge is 0.303 e. The van der Waals surface area contributed by atoms with Crippen LogP contribution in [-0.2, 0) is 19.2 Å². The molecule has 2 rings (SSSR count). The lowest BCUT2D eigenvalue weighted by Crippen LogP contribution is -2.23. The number of nitrogens with one attached hydrogen (secondary N) is 2. The van der Waals surface area contributed by atoms with Gasteiger partial charge in [0.25, 0.3) is 0 Å². The predicted molar refractivity (Wildman–Crippen MR) is 130 cm³/mol. The van der Waals surface area contributed by atoms with Crippen molar-refractivity contribution in [1.82, 2.24) is 10.9 Å². The summed E-state index contributed by atoms with van der Waals surface area (Å²) in [6, 6.07) is 17.9. The third kappa shape index (κ3) is 10.9. The van der Waals surface area contributed by atoms with Crippen LogP contribution in [0.2, 0.25) is 0 Å². The van der Waals surface area contributed by atoms with Gasteiger partial charge in [0.2, 0.25) is 11.8 Å². The molecule has 0 heterocycles. The highest BCUT2D eigenvalue weighted by atomic mass is 16.4. The van der Waals surface area contributed by atoms with Crippen molar-refractivity contribution in [2.75, 3.05) is 0 Å². The first kappa shape index (κ1) is 26.9. The molecule has 0 spiro atoms. The van der Waals surface area contributed by atoms with E-state index in [1.165, 1.54) is 0 Å². The minimum atomic E-state index is -0.966. The molecule has 0 aliphatic rings. The number of hydrazone groups is 2. The standard InChI is InChI=1S/C25H28N4O6/c30-22(28-26-20(14-16-24(32)33)18-8-3-1-4-9-18)12-7-13-23(31)29-27-21(15-17-25(34)35)19-10-5-2-6-11-19/h1-6,8-11H,7,12-17H2,(H,28,30)(H,29,31)(H,32,33)(H,34,35). The highest BCUT2D eigenvalue weighted by Crippen LogP contribution is 2.08. The Morgan fingerprint density at radius 2 is 0.943 bits per heavy atom. The summed E-state index contributed by atoms with van der Waals surface area (Å²) < 4.78 is 0. The van der Waals surface area contributed by atoms with E-state index in [0.29, 0.717) is 22.6 Å². The van der Waals surface area contributed by atoms with Crippen LogP contribution in [-0.4, -0.2) is 45.4 Å². The second-order valence-electron chi connectivity index (χ2n) is 7.56. The molecule has 4 N–H and O–H groups in total. The molecule has 2 aromatic carbocycles. The fourth-order valence-electron chi connectivity index (χ4n) is 3.02. The van der Waals surface area contributed by atoms with Crippen LogP contribution in [0.15, 0.2) is 70.9 Å². The molecule has 0 aliphatic carbocycles. The Bertz CT molecular complexity index is 982. The van der Waals surface area contributed by atoms with E-state index in [-0.39, 0.29) is 44.9 Å². The van der Waals surface area contributed by atoms with Crippen molar-refractivity contribution in [2.45, 2.75) is 44.9 Å². The summed E-state index contributed by atoms with van der Waals surface area (Å²) in [6.07, 6.45) is 0.382. The molecule has 2 aromatic rings. The maximum Gasteiger partial charge on any atom is 0.303 e. The van der Waals surface area contributed by atoms with Crippen molar-refractivity contribution >= 4 is 35.2 Å². The molecule has 10 nitrogen and oxygen atoms in total. The van der Waals surface area contributed by atoms with Gasteiger partial charge in [-0.3, -0.25) is 19.2 Å². The summed E-state index contributed by atoms with van der Waals surface area (Å²) in [5.41, 5.74) is 7.16. The highest BCUT2D eigenvalue weighted by Gasteiger charge is 2.10. The van der Waals surface area contributed by atoms with E-state index < -0.39 is 23.8 Å². The average Bonchev–Trinajstić information content (AvgIpc) is 2.85. The Morgan fingerprint density at radius 1 is 0.571 bits per heavy atom. The molecule has 0 radical (unpaired) electrons. The molecule has 0 bridgehead atoms. The van der Waals surface area contributed by atoms with Gasteiger partial charge in [-0.2, -0.15) is 10.2 Å². The van der Waals surface area contributed by atoms with Gasteiger partial charge in [-0.1, -0.05) is 60.7 Å². The number of benzene rings is 2. The molecule has 0 saturated carbocycles. The van der Waals surface area contributed by atoms with Crippen molar-refractivity contribution < 1.29 is 29.4 Å². The fourth-order valence-corrected chi connectivity index (χ4v) is 3.02. The number of hydrogen-bond donors (Lipinski definition) is 4. The minimum absolute atomic E-state index is 0.0339. The third-order valence-electron chi connectivity index (χ3n) is 4.80. The first-order chi connectivity index (χ1) is 16.8. The van der Waals surface area contributed by atoms with Gasteiger partial charge in [0.05, 0.1) is 24.3 Å². The SMILES string of the molecule is O=C(O)CCC(=NNC(=O)CCCC(=O)NN=C(CCC(=O)O)c1ccccc1)c1ccccc1. The maximum absolute atomic E-state index is 12.1. The van der Waals surface area contributed by atoms with Gasteiger partial charge in [-0.05, 0) is 17.5 Å². The number of rotatable bonds is 14. The number of aliphatic carboxylic acids is 2. The second kappa shape index (κ2) is 14.7. The van der Waals surface area contributed by atoms with Gasteiger partial charge in [0.15, 0.2) is 0 Å². The third-order valence-corrected chi connectivity index (χ3v) is 4.80. The van der Waals surface area contributed by atoms with Crippen molar-refractivity contribution in [3.8, 4) is 0 Å². The molecule has 0 aromatic heterocycles. The number of carboxylic acids is 2. The molecule has 10 heteroatoms. The van der Waals surface area contributed by atoms with Crippen LogP contribution in [0, 0.1) is 0 Å². The Hall–Kier alpha value is -4.34. The summed E-state index contributed by atoms with van der Waals surface area (Å²) in [7, 11) is 0. The highest BCUT2D eigenvalue weighted by molar-refractivity contribution is 6.02. The first-order valence-corrected chi connectivity index (χ1v) is 11.1. The zero-order valence-corrected chi connectivity index (χ0v) is 19.1.